The van der Waals surface area contributed by atoms with Crippen LogP contribution in [0.25, 0.3) is 0 Å². The van der Waals surface area contributed by atoms with Gasteiger partial charge in [0.25, 0.3) is 0 Å². The second kappa shape index (κ2) is 7.77. The van der Waals surface area contributed by atoms with E-state index in [2.05, 4.69) is 15.6 Å². The predicted molar refractivity (Wildman–Crippen MR) is 89.7 cm³/mol. The minimum Gasteiger partial charge on any atom is -0.450 e. The summed E-state index contributed by atoms with van der Waals surface area (Å²) in [5, 5.41) is 16.5. The summed E-state index contributed by atoms with van der Waals surface area (Å²) in [4.78, 5) is 25.9. The summed E-state index contributed by atoms with van der Waals surface area (Å²) in [5.74, 6) is -0.239. The number of nitrogens with one attached hydrogen (secondary N) is 2. The van der Waals surface area contributed by atoms with E-state index in [9.17, 15) is 14.9 Å². The highest BCUT2D eigenvalue weighted by Crippen LogP contribution is 2.32. The van der Waals surface area contributed by atoms with E-state index in [1.807, 2.05) is 30.3 Å². The van der Waals surface area contributed by atoms with Crippen molar-refractivity contribution in [2.24, 2.45) is 0 Å². The minimum atomic E-state index is -0.715. The highest BCUT2D eigenvalue weighted by atomic mass is 16.6. The molecule has 0 fully saturated rings. The number of aromatic nitrogens is 1. The van der Waals surface area contributed by atoms with Gasteiger partial charge in [-0.2, -0.15) is 0 Å². The smallest absolute Gasteiger partial charge is 0.412 e. The number of anilines is 3. The van der Waals surface area contributed by atoms with Crippen molar-refractivity contribution in [3.8, 4) is 0 Å². The van der Waals surface area contributed by atoms with Crippen molar-refractivity contribution in [3.05, 3.63) is 52.1 Å². The van der Waals surface area contributed by atoms with E-state index in [1.54, 1.807) is 6.92 Å². The number of ether oxygens (including phenoxy) is 1. The van der Waals surface area contributed by atoms with Gasteiger partial charge in [-0.3, -0.25) is 15.4 Å². The van der Waals surface area contributed by atoms with Gasteiger partial charge in [-0.05, 0) is 12.5 Å². The van der Waals surface area contributed by atoms with Crippen LogP contribution in [-0.4, -0.2) is 22.6 Å². The quantitative estimate of drug-likeness (QED) is 0.547. The highest BCUT2D eigenvalue weighted by molar-refractivity contribution is 5.86. The van der Waals surface area contributed by atoms with Gasteiger partial charge in [-0.15, -0.1) is 0 Å². The molecule has 1 aromatic carbocycles. The van der Waals surface area contributed by atoms with E-state index in [-0.39, 0.29) is 29.6 Å². The van der Waals surface area contributed by atoms with Crippen LogP contribution >= 0.6 is 0 Å². The average molecular weight is 331 g/mol. The Balaban J connectivity index is 2.26. The van der Waals surface area contributed by atoms with Crippen LogP contribution < -0.4 is 16.4 Å². The molecule has 0 aliphatic carbocycles. The second-order valence-electron chi connectivity index (χ2n) is 4.73. The van der Waals surface area contributed by atoms with E-state index >= 15 is 0 Å². The Morgan fingerprint density at radius 1 is 1.38 bits per heavy atom. The molecule has 0 spiro atoms. The van der Waals surface area contributed by atoms with Crippen molar-refractivity contribution in [1.82, 2.24) is 4.98 Å². The maximum absolute atomic E-state index is 11.5. The number of nitrogens with zero attached hydrogens (tertiary/aromatic N) is 2. The fourth-order valence-corrected chi connectivity index (χ4v) is 2.01. The van der Waals surface area contributed by atoms with Gasteiger partial charge in [0, 0.05) is 12.6 Å². The Labute approximate surface area is 138 Å². The lowest BCUT2D eigenvalue weighted by Gasteiger charge is -2.11. The molecule has 9 nitrogen and oxygen atoms in total. The normalized spacial score (nSPS) is 10.0. The number of hydrogen-bond acceptors (Lipinski definition) is 7. The molecule has 0 radical (unpaired) electrons. The lowest BCUT2D eigenvalue weighted by Crippen LogP contribution is -2.16. The van der Waals surface area contributed by atoms with Gasteiger partial charge in [-0.25, -0.2) is 9.78 Å². The molecule has 2 aromatic rings. The molecule has 24 heavy (non-hydrogen) atoms. The number of benzene rings is 1. The molecule has 126 valence electrons. The van der Waals surface area contributed by atoms with Gasteiger partial charge in [-0.1, -0.05) is 30.3 Å². The number of pyridine rings is 1. The van der Waals surface area contributed by atoms with Crippen LogP contribution in [0.2, 0.25) is 0 Å². The van der Waals surface area contributed by atoms with Gasteiger partial charge < -0.3 is 15.8 Å². The maximum Gasteiger partial charge on any atom is 0.412 e. The summed E-state index contributed by atoms with van der Waals surface area (Å²) in [7, 11) is 0. The topological polar surface area (TPSA) is 132 Å². The van der Waals surface area contributed by atoms with Gasteiger partial charge in [0.15, 0.2) is 0 Å². The predicted octanol–water partition coefficient (Wildman–Crippen LogP) is 2.75. The first-order valence-electron chi connectivity index (χ1n) is 7.17. The summed E-state index contributed by atoms with van der Waals surface area (Å²) < 4.78 is 4.75. The van der Waals surface area contributed by atoms with Gasteiger partial charge in [0.05, 0.1) is 11.5 Å². The minimum absolute atomic E-state index is 0.0621. The van der Waals surface area contributed by atoms with Crippen LogP contribution in [0.3, 0.4) is 0 Å². The zero-order valence-electron chi connectivity index (χ0n) is 13.0. The molecule has 1 aromatic heterocycles. The summed E-state index contributed by atoms with van der Waals surface area (Å²) in [5.41, 5.74) is 6.40. The van der Waals surface area contributed by atoms with Gasteiger partial charge >= 0.3 is 11.8 Å². The van der Waals surface area contributed by atoms with Crippen LogP contribution in [0.15, 0.2) is 36.4 Å². The SMILES string of the molecule is CCOC(=O)Nc1cc(NCc2ccccc2)c([N+](=O)[O-])c(N)n1. The molecule has 4 N–H and O–H groups in total. The van der Waals surface area contributed by atoms with Crippen LogP contribution in [-0.2, 0) is 11.3 Å². The number of hydrogen-bond donors (Lipinski definition) is 3. The Morgan fingerprint density at radius 2 is 2.08 bits per heavy atom. The molecule has 1 amide bonds. The second-order valence-corrected chi connectivity index (χ2v) is 4.73. The number of carbonyl (C=O) groups is 1. The first-order valence-corrected chi connectivity index (χ1v) is 7.17. The Bertz CT molecular complexity index is 736. The zero-order valence-corrected chi connectivity index (χ0v) is 13.0. The van der Waals surface area contributed by atoms with E-state index in [0.29, 0.717) is 6.54 Å². The summed E-state index contributed by atoms with van der Waals surface area (Å²) in [6.45, 7) is 2.20. The summed E-state index contributed by atoms with van der Waals surface area (Å²) in [6, 6.07) is 10.7. The van der Waals surface area contributed by atoms with E-state index in [4.69, 9.17) is 10.5 Å². The molecule has 2 rings (SSSR count). The Morgan fingerprint density at radius 3 is 2.71 bits per heavy atom. The number of nitrogens with two attached hydrogens (primary N) is 1. The number of carbonyl (C=O) groups excluding carboxylic acids is 1. The third-order valence-corrected chi connectivity index (χ3v) is 3.03. The monoisotopic (exact) mass is 331 g/mol. The highest BCUT2D eigenvalue weighted by Gasteiger charge is 2.22. The van der Waals surface area contributed by atoms with E-state index in [1.165, 1.54) is 6.07 Å². The zero-order chi connectivity index (χ0) is 17.5. The van der Waals surface area contributed by atoms with E-state index < -0.39 is 11.0 Å². The molecule has 0 unspecified atom stereocenters. The summed E-state index contributed by atoms with van der Waals surface area (Å²) in [6.07, 6.45) is -0.715. The maximum atomic E-state index is 11.5. The third kappa shape index (κ3) is 4.32. The third-order valence-electron chi connectivity index (χ3n) is 3.03. The van der Waals surface area contributed by atoms with Crippen molar-refractivity contribution < 1.29 is 14.5 Å². The number of amides is 1. The Hall–Kier alpha value is -3.36. The Kier molecular flexibility index (Phi) is 5.50. The molecule has 1 heterocycles. The van der Waals surface area contributed by atoms with Crippen molar-refractivity contribution >= 4 is 29.1 Å². The summed E-state index contributed by atoms with van der Waals surface area (Å²) >= 11 is 0. The van der Waals surface area contributed by atoms with Crippen molar-refractivity contribution in [3.63, 3.8) is 0 Å². The van der Waals surface area contributed by atoms with Gasteiger partial charge in [0.1, 0.15) is 11.5 Å². The van der Waals surface area contributed by atoms with Crippen LogP contribution in [0, 0.1) is 10.1 Å². The molecule has 0 atom stereocenters. The molecule has 0 saturated carbocycles. The first kappa shape index (κ1) is 17.0. The van der Waals surface area contributed by atoms with Crippen molar-refractivity contribution in [2.45, 2.75) is 13.5 Å². The van der Waals surface area contributed by atoms with Crippen molar-refractivity contribution in [1.29, 1.82) is 0 Å². The lowest BCUT2D eigenvalue weighted by atomic mass is 10.2. The standard InChI is InChI=1S/C15H17N5O4/c1-2-24-15(21)19-12-8-11(13(20(22)23)14(16)18-12)17-9-10-6-4-3-5-7-10/h3-8H,2,9H2,1H3,(H4,16,17,18,19,21). The van der Waals surface area contributed by atoms with E-state index in [0.717, 1.165) is 5.56 Å². The molecular formula is C15H17N5O4. The molecule has 0 aliphatic heterocycles. The molecule has 0 saturated heterocycles. The fraction of sp³-hybridized carbons (Fsp3) is 0.200. The largest absolute Gasteiger partial charge is 0.450 e. The lowest BCUT2D eigenvalue weighted by molar-refractivity contribution is -0.383. The number of nitro groups is 1. The average Bonchev–Trinajstić information content (AvgIpc) is 2.53. The molecule has 0 bridgehead atoms. The first-order chi connectivity index (χ1) is 11.5. The number of nitrogen functional groups attached to an aromatic ring is 1. The van der Waals surface area contributed by atoms with Gasteiger partial charge in [0.2, 0.25) is 5.82 Å². The number of rotatable bonds is 6. The molecule has 9 heteroatoms. The fourth-order valence-electron chi connectivity index (χ4n) is 2.01. The molecular weight excluding hydrogens is 314 g/mol. The van der Waals surface area contributed by atoms with Crippen LogP contribution in [0.4, 0.5) is 27.8 Å². The van der Waals surface area contributed by atoms with Crippen molar-refractivity contribution in [2.75, 3.05) is 23.0 Å². The van der Waals surface area contributed by atoms with Crippen LogP contribution in [0.1, 0.15) is 12.5 Å². The van der Waals surface area contributed by atoms with Crippen LogP contribution in [0.5, 0.6) is 0 Å². The molecule has 0 aliphatic rings.